The van der Waals surface area contributed by atoms with Gasteiger partial charge in [0.15, 0.2) is 22.8 Å². The minimum absolute atomic E-state index is 0.00964. The number of Topliss-reactive ketones (excluding diaryl/α,β-unsaturated/α-hetero) is 1. The molecule has 0 radical (unpaired) electrons. The quantitative estimate of drug-likeness (QED) is 0.430. The van der Waals surface area contributed by atoms with E-state index in [4.69, 9.17) is 9.47 Å². The molecule has 2 heterocycles. The molecular weight excluding hydrogens is 468 g/mol. The molecule has 2 aromatic carbocycles. The van der Waals surface area contributed by atoms with Gasteiger partial charge >= 0.3 is 0 Å². The predicted molar refractivity (Wildman–Crippen MR) is 138 cm³/mol. The number of nitrogens with one attached hydrogen (secondary N) is 1. The van der Waals surface area contributed by atoms with E-state index >= 15 is 0 Å². The van der Waals surface area contributed by atoms with Gasteiger partial charge < -0.3 is 14.8 Å². The minimum Gasteiger partial charge on any atom is -0.493 e. The van der Waals surface area contributed by atoms with Crippen LogP contribution >= 0.6 is 23.1 Å². The number of para-hydroxylation sites is 1. The fourth-order valence-electron chi connectivity index (χ4n) is 4.50. The molecule has 3 aromatic rings. The first-order valence-corrected chi connectivity index (χ1v) is 13.1. The van der Waals surface area contributed by atoms with E-state index in [1.54, 1.807) is 48.7 Å². The summed E-state index contributed by atoms with van der Waals surface area (Å²) in [5.74, 6) is 1.28. The minimum atomic E-state index is -0.383. The highest BCUT2D eigenvalue weighted by Gasteiger charge is 2.38. The second-order valence-electron chi connectivity index (χ2n) is 8.23. The van der Waals surface area contributed by atoms with Gasteiger partial charge in [-0.3, -0.25) is 14.5 Å². The number of nitrogens with zero attached hydrogens (tertiary/aromatic N) is 1. The van der Waals surface area contributed by atoms with Crippen molar-refractivity contribution in [3.8, 4) is 11.5 Å². The van der Waals surface area contributed by atoms with Crippen LogP contribution in [0, 0.1) is 0 Å². The van der Waals surface area contributed by atoms with Crippen LogP contribution in [0.3, 0.4) is 0 Å². The maximum Gasteiger partial charge on any atom is 0.263 e. The molecule has 1 unspecified atom stereocenters. The third-order valence-corrected chi connectivity index (χ3v) is 8.50. The summed E-state index contributed by atoms with van der Waals surface area (Å²) < 4.78 is 10.6. The summed E-state index contributed by atoms with van der Waals surface area (Å²) in [5, 5.41) is 4.50. The average Bonchev–Trinajstić information content (AvgIpc) is 3.26. The number of anilines is 2. The number of methoxy groups -OCH3 is 2. The number of hydrogen-bond donors (Lipinski definition) is 1. The number of rotatable bonds is 7. The molecule has 5 rings (SSSR count). The number of benzene rings is 2. The van der Waals surface area contributed by atoms with Gasteiger partial charge in [0, 0.05) is 16.1 Å². The zero-order valence-electron chi connectivity index (χ0n) is 19.1. The number of hydrogen-bond acceptors (Lipinski definition) is 7. The SMILES string of the molecule is COc1ccc(C(=O)CSC2Nc3sc4c(c3C(=O)N2c2ccccc2)CCCC4)cc1OC. The first-order valence-electron chi connectivity index (χ1n) is 11.3. The lowest BCUT2D eigenvalue weighted by molar-refractivity contribution is 0.0979. The monoisotopic (exact) mass is 494 g/mol. The van der Waals surface area contributed by atoms with Crippen LogP contribution in [-0.2, 0) is 12.8 Å². The van der Waals surface area contributed by atoms with Crippen LogP contribution in [-0.4, -0.2) is 37.2 Å². The Kier molecular flexibility index (Phi) is 6.52. The Labute approximate surface area is 207 Å². The fourth-order valence-corrected chi connectivity index (χ4v) is 6.92. The summed E-state index contributed by atoms with van der Waals surface area (Å²) in [6.07, 6.45) is 4.27. The fraction of sp³-hybridized carbons (Fsp3) is 0.308. The second-order valence-corrected chi connectivity index (χ2v) is 10.4. The van der Waals surface area contributed by atoms with Crippen LogP contribution in [0.15, 0.2) is 48.5 Å². The Morgan fingerprint density at radius 2 is 1.85 bits per heavy atom. The summed E-state index contributed by atoms with van der Waals surface area (Å²) in [7, 11) is 3.12. The molecule has 2 aliphatic rings. The molecule has 0 spiro atoms. The first kappa shape index (κ1) is 22.8. The maximum atomic E-state index is 13.8. The van der Waals surface area contributed by atoms with Crippen LogP contribution in [0.2, 0.25) is 0 Å². The van der Waals surface area contributed by atoms with Gasteiger partial charge in [-0.15, -0.1) is 23.1 Å². The Morgan fingerprint density at radius 3 is 2.62 bits per heavy atom. The van der Waals surface area contributed by atoms with Gasteiger partial charge in [-0.1, -0.05) is 18.2 Å². The van der Waals surface area contributed by atoms with Crippen LogP contribution in [0.5, 0.6) is 11.5 Å². The highest BCUT2D eigenvalue weighted by Crippen LogP contribution is 2.44. The molecule has 1 aliphatic carbocycles. The third-order valence-electron chi connectivity index (χ3n) is 6.21. The van der Waals surface area contributed by atoms with Gasteiger partial charge in [0.25, 0.3) is 5.91 Å². The van der Waals surface area contributed by atoms with Gasteiger partial charge in [0.2, 0.25) is 0 Å². The molecule has 0 bridgehead atoms. The second kappa shape index (κ2) is 9.72. The average molecular weight is 495 g/mol. The normalized spacial score (nSPS) is 16.9. The summed E-state index contributed by atoms with van der Waals surface area (Å²) in [6, 6.07) is 14.8. The molecule has 1 aromatic heterocycles. The van der Waals surface area contributed by atoms with Gasteiger partial charge in [-0.25, -0.2) is 0 Å². The van der Waals surface area contributed by atoms with E-state index in [2.05, 4.69) is 5.32 Å². The zero-order chi connectivity index (χ0) is 23.7. The highest BCUT2D eigenvalue weighted by molar-refractivity contribution is 8.00. The predicted octanol–water partition coefficient (Wildman–Crippen LogP) is 5.62. The molecule has 0 saturated heterocycles. The van der Waals surface area contributed by atoms with Crippen molar-refractivity contribution in [3.05, 3.63) is 70.1 Å². The van der Waals surface area contributed by atoms with Gasteiger partial charge in [-0.2, -0.15) is 0 Å². The van der Waals surface area contributed by atoms with Crippen molar-refractivity contribution in [1.29, 1.82) is 0 Å². The molecule has 8 heteroatoms. The largest absolute Gasteiger partial charge is 0.493 e. The molecule has 1 N–H and O–H groups in total. The lowest BCUT2D eigenvalue weighted by atomic mass is 9.94. The van der Waals surface area contributed by atoms with Crippen molar-refractivity contribution >= 4 is 45.5 Å². The van der Waals surface area contributed by atoms with E-state index in [-0.39, 0.29) is 22.9 Å². The van der Waals surface area contributed by atoms with Gasteiger partial charge in [-0.05, 0) is 61.6 Å². The summed E-state index contributed by atoms with van der Waals surface area (Å²) >= 11 is 3.11. The molecule has 1 atom stereocenters. The summed E-state index contributed by atoms with van der Waals surface area (Å²) in [4.78, 5) is 29.9. The smallest absolute Gasteiger partial charge is 0.263 e. The Hall–Kier alpha value is -2.97. The number of fused-ring (bicyclic) bond motifs is 3. The number of carbonyl (C=O) groups is 2. The molecule has 0 saturated carbocycles. The lowest BCUT2D eigenvalue weighted by Gasteiger charge is -2.36. The third kappa shape index (κ3) is 4.16. The Bertz CT molecular complexity index is 1230. The Balaban J connectivity index is 1.42. The van der Waals surface area contributed by atoms with Crippen molar-refractivity contribution in [2.75, 3.05) is 30.2 Å². The summed E-state index contributed by atoms with van der Waals surface area (Å²) in [6.45, 7) is 0. The molecular formula is C26H26N2O4S2. The number of aryl methyl sites for hydroxylation is 1. The van der Waals surface area contributed by atoms with E-state index in [1.807, 2.05) is 30.3 Å². The number of ketones is 1. The first-order chi connectivity index (χ1) is 16.6. The van der Waals surface area contributed by atoms with Gasteiger partial charge in [0.1, 0.15) is 5.00 Å². The zero-order valence-corrected chi connectivity index (χ0v) is 20.8. The number of thioether (sulfide) groups is 1. The van der Waals surface area contributed by atoms with Crippen LogP contribution in [0.25, 0.3) is 0 Å². The maximum absolute atomic E-state index is 13.8. The molecule has 1 amide bonds. The van der Waals surface area contributed by atoms with Crippen molar-refractivity contribution in [2.24, 2.45) is 0 Å². The summed E-state index contributed by atoms with van der Waals surface area (Å²) in [5.41, 5.74) is 3.00. The van der Waals surface area contributed by atoms with Gasteiger partial charge in [0.05, 0.1) is 25.5 Å². The molecule has 0 fully saturated rings. The van der Waals surface area contributed by atoms with Crippen molar-refractivity contribution in [3.63, 3.8) is 0 Å². The standard InChI is InChI=1S/C26H26N2O4S2/c1-31-20-13-12-16(14-21(20)32-2)19(29)15-33-26-27-24-23(18-10-6-7-11-22(18)34-24)25(30)28(26)17-8-4-3-5-9-17/h3-5,8-9,12-14,26-27H,6-7,10-11,15H2,1-2H3. The molecule has 176 valence electrons. The topological polar surface area (TPSA) is 67.9 Å². The van der Waals surface area contributed by atoms with E-state index in [0.717, 1.165) is 35.5 Å². The molecule has 34 heavy (non-hydrogen) atoms. The Morgan fingerprint density at radius 1 is 1.09 bits per heavy atom. The van der Waals surface area contributed by atoms with Crippen LogP contribution in [0.1, 0.15) is 44.0 Å². The van der Waals surface area contributed by atoms with E-state index < -0.39 is 0 Å². The number of carbonyl (C=O) groups excluding carboxylic acids is 2. The molecule has 1 aliphatic heterocycles. The number of thiophene rings is 1. The van der Waals surface area contributed by atoms with Crippen molar-refractivity contribution in [1.82, 2.24) is 0 Å². The van der Waals surface area contributed by atoms with E-state index in [1.165, 1.54) is 28.6 Å². The van der Waals surface area contributed by atoms with Crippen LogP contribution < -0.4 is 19.7 Å². The van der Waals surface area contributed by atoms with Crippen LogP contribution in [0.4, 0.5) is 10.7 Å². The number of amides is 1. The molecule has 6 nitrogen and oxygen atoms in total. The van der Waals surface area contributed by atoms with E-state index in [9.17, 15) is 9.59 Å². The van der Waals surface area contributed by atoms with E-state index in [0.29, 0.717) is 17.1 Å². The highest BCUT2D eigenvalue weighted by atomic mass is 32.2. The van der Waals surface area contributed by atoms with Crippen molar-refractivity contribution in [2.45, 2.75) is 31.2 Å². The lowest BCUT2D eigenvalue weighted by Crippen LogP contribution is -2.47. The number of ether oxygens (including phenoxy) is 2. The van der Waals surface area contributed by atoms with Crippen molar-refractivity contribution < 1.29 is 19.1 Å².